The maximum atomic E-state index is 2.58. The van der Waals surface area contributed by atoms with E-state index in [4.69, 9.17) is 0 Å². The van der Waals surface area contributed by atoms with Gasteiger partial charge in [-0.25, -0.2) is 0 Å². The van der Waals surface area contributed by atoms with Gasteiger partial charge in [0.25, 0.3) is 0 Å². The normalized spacial score (nSPS) is 12.1. The van der Waals surface area contributed by atoms with Gasteiger partial charge in [-0.15, -0.1) is 0 Å². The Balaban J connectivity index is 2.44. The van der Waals surface area contributed by atoms with Gasteiger partial charge in [-0.1, -0.05) is 86.8 Å². The molecule has 0 unspecified atom stereocenters. The molecule has 0 spiro atoms. The van der Waals surface area contributed by atoms with Gasteiger partial charge in [0, 0.05) is 0 Å². The number of aryl methyl sites for hydroxylation is 9. The summed E-state index contributed by atoms with van der Waals surface area (Å²) in [5, 5.41) is 6.12. The number of hydrogen-bond acceptors (Lipinski definition) is 0. The van der Waals surface area contributed by atoms with Crippen LogP contribution in [-0.4, -0.2) is 0 Å². The Morgan fingerprint density at radius 1 is 0.375 bits per heavy atom. The predicted octanol–water partition coefficient (Wildman–Crippen LogP) is 9.33. The van der Waals surface area contributed by atoms with Gasteiger partial charge in [0.05, 0.1) is 0 Å². The van der Waals surface area contributed by atoms with Crippen LogP contribution in [0.3, 0.4) is 0 Å². The quantitative estimate of drug-likeness (QED) is 0.210. The summed E-state index contributed by atoms with van der Waals surface area (Å²) in [7, 11) is -2.32. The molecule has 0 aliphatic carbocycles. The minimum absolute atomic E-state index is 0.458. The minimum atomic E-state index is -2.32. The van der Waals surface area contributed by atoms with Crippen molar-refractivity contribution in [1.82, 2.24) is 0 Å². The molecule has 4 rings (SSSR count). The molecule has 0 heterocycles. The van der Waals surface area contributed by atoms with E-state index in [9.17, 15) is 0 Å². The Kier molecular flexibility index (Phi) is 8.55. The topological polar surface area (TPSA) is 0 Å². The van der Waals surface area contributed by atoms with Crippen LogP contribution >= 0.6 is 7.26 Å². The fraction of sp³-hybridized carbons (Fsp3) is 0.385. The fourth-order valence-electron chi connectivity index (χ4n) is 7.35. The molecule has 210 valence electrons. The Morgan fingerprint density at radius 3 is 0.850 bits per heavy atom. The van der Waals surface area contributed by atoms with Crippen LogP contribution < -0.4 is 21.2 Å². The molecule has 1 heteroatoms. The molecule has 0 nitrogen and oxygen atoms in total. The molecule has 4 aromatic rings. The Hall–Kier alpha value is -2.69. The van der Waals surface area contributed by atoms with Crippen LogP contribution in [0.1, 0.15) is 101 Å². The zero-order valence-electron chi connectivity index (χ0n) is 27.3. The highest BCUT2D eigenvalue weighted by Gasteiger charge is 2.53. The average Bonchev–Trinajstić information content (AvgIpc) is 2.81. The van der Waals surface area contributed by atoms with E-state index in [0.29, 0.717) is 11.8 Å². The fourth-order valence-corrected chi connectivity index (χ4v) is 13.0. The Morgan fingerprint density at radius 2 is 0.625 bits per heavy atom. The van der Waals surface area contributed by atoms with Crippen LogP contribution in [0.4, 0.5) is 0 Å². The van der Waals surface area contributed by atoms with E-state index in [1.165, 1.54) is 66.5 Å². The first-order valence-corrected chi connectivity index (χ1v) is 16.8. The van der Waals surface area contributed by atoms with Crippen molar-refractivity contribution in [3.05, 3.63) is 116 Å². The third kappa shape index (κ3) is 5.21. The van der Waals surface area contributed by atoms with E-state index in [1.54, 1.807) is 15.9 Å². The van der Waals surface area contributed by atoms with Crippen LogP contribution in [-0.2, 0) is 0 Å². The molecule has 0 saturated carbocycles. The number of rotatable bonds is 6. The SMILES string of the molecule is Cc1cc(C)c([P+](c2cc(C(C)C)cc(C(C)C)c2)(c2c(C)cc(C)cc2C)c2c(C)cc(C)cc2C)c(C)c1. The second-order valence-corrected chi connectivity index (χ2v) is 16.3. The molecule has 0 amide bonds. The minimum Gasteiger partial charge on any atom is -0.0587 e. The van der Waals surface area contributed by atoms with Crippen LogP contribution in [0.25, 0.3) is 0 Å². The first kappa shape index (κ1) is 30.3. The highest BCUT2D eigenvalue weighted by molar-refractivity contribution is 8.02. The number of hydrogen-bond donors (Lipinski definition) is 0. The summed E-state index contributed by atoms with van der Waals surface area (Å²) in [6.45, 7) is 30.2. The van der Waals surface area contributed by atoms with E-state index < -0.39 is 7.26 Å². The van der Waals surface area contributed by atoms with E-state index in [-0.39, 0.29) is 0 Å². The largest absolute Gasteiger partial charge is 0.146 e. The van der Waals surface area contributed by atoms with E-state index >= 15 is 0 Å². The molecule has 40 heavy (non-hydrogen) atoms. The predicted molar refractivity (Wildman–Crippen MR) is 182 cm³/mol. The van der Waals surface area contributed by atoms with Gasteiger partial charge in [-0.2, -0.15) is 0 Å². The van der Waals surface area contributed by atoms with Crippen LogP contribution in [0.15, 0.2) is 54.6 Å². The van der Waals surface area contributed by atoms with Crippen LogP contribution in [0.2, 0.25) is 0 Å². The summed E-state index contributed by atoms with van der Waals surface area (Å²) < 4.78 is 0. The van der Waals surface area contributed by atoms with Gasteiger partial charge >= 0.3 is 0 Å². The van der Waals surface area contributed by atoms with Gasteiger partial charge in [0.2, 0.25) is 0 Å². The van der Waals surface area contributed by atoms with Crippen LogP contribution in [0.5, 0.6) is 0 Å². The van der Waals surface area contributed by atoms with Gasteiger partial charge in [0.1, 0.15) is 28.5 Å². The third-order valence-corrected chi connectivity index (χ3v) is 13.8. The summed E-state index contributed by atoms with van der Waals surface area (Å²) >= 11 is 0. The summed E-state index contributed by atoms with van der Waals surface area (Å²) in [5.74, 6) is 0.917. The first-order valence-electron chi connectivity index (χ1n) is 15.0. The molecule has 0 aliphatic heterocycles. The lowest BCUT2D eigenvalue weighted by Crippen LogP contribution is -2.45. The average molecular weight is 550 g/mol. The lowest BCUT2D eigenvalue weighted by molar-refractivity contribution is 0.836. The Bertz CT molecular complexity index is 1350. The van der Waals surface area contributed by atoms with Crippen molar-refractivity contribution >= 4 is 28.5 Å². The molecular weight excluding hydrogens is 499 g/mol. The molecule has 0 saturated heterocycles. The van der Waals surface area contributed by atoms with Crippen molar-refractivity contribution in [2.45, 2.75) is 102 Å². The van der Waals surface area contributed by atoms with Gasteiger partial charge < -0.3 is 0 Å². The molecule has 0 aliphatic rings. The molecule has 4 aromatic carbocycles. The smallest absolute Gasteiger partial charge is 0.0587 e. The van der Waals surface area contributed by atoms with E-state index in [0.717, 1.165) is 0 Å². The summed E-state index contributed by atoms with van der Waals surface area (Å²) in [4.78, 5) is 0. The van der Waals surface area contributed by atoms with E-state index in [1.807, 2.05) is 0 Å². The Labute approximate surface area is 245 Å². The number of benzene rings is 4. The molecule has 0 N–H and O–H groups in total. The highest BCUT2D eigenvalue weighted by atomic mass is 31.2. The van der Waals surface area contributed by atoms with Crippen molar-refractivity contribution < 1.29 is 0 Å². The molecule has 0 radical (unpaired) electrons. The molecule has 0 fully saturated rings. The first-order chi connectivity index (χ1) is 18.7. The monoisotopic (exact) mass is 549 g/mol. The van der Waals surface area contributed by atoms with Crippen molar-refractivity contribution in [3.63, 3.8) is 0 Å². The third-order valence-electron chi connectivity index (χ3n) is 8.60. The van der Waals surface area contributed by atoms with Crippen molar-refractivity contribution in [2.24, 2.45) is 0 Å². The summed E-state index contributed by atoms with van der Waals surface area (Å²) in [6.07, 6.45) is 0. The molecule has 0 bridgehead atoms. The van der Waals surface area contributed by atoms with E-state index in [2.05, 4.69) is 145 Å². The van der Waals surface area contributed by atoms with Crippen molar-refractivity contribution in [1.29, 1.82) is 0 Å². The summed E-state index contributed by atoms with van der Waals surface area (Å²) in [5.41, 5.74) is 15.3. The lowest BCUT2D eigenvalue weighted by atomic mass is 9.96. The van der Waals surface area contributed by atoms with Crippen molar-refractivity contribution in [2.75, 3.05) is 0 Å². The standard InChI is InChI=1S/C39H50P/c1-23(2)34-20-35(24(3)4)22-36(21-34)40(37-28(8)14-25(5)15-29(37)9,38-30(10)16-26(6)17-31(38)11)39-32(12)18-27(7)19-33(39)13/h14-24H,1-13H3/q+1. The zero-order valence-corrected chi connectivity index (χ0v) is 28.2. The zero-order chi connectivity index (χ0) is 29.7. The van der Waals surface area contributed by atoms with Crippen molar-refractivity contribution in [3.8, 4) is 0 Å². The maximum absolute atomic E-state index is 2.58. The second kappa shape index (κ2) is 11.3. The molecule has 0 aromatic heterocycles. The molecule has 0 atom stereocenters. The highest BCUT2D eigenvalue weighted by Crippen LogP contribution is 2.59. The van der Waals surface area contributed by atoms with Crippen LogP contribution in [0, 0.1) is 62.3 Å². The van der Waals surface area contributed by atoms with Gasteiger partial charge in [0.15, 0.2) is 0 Å². The second-order valence-electron chi connectivity index (χ2n) is 13.1. The van der Waals surface area contributed by atoms with Gasteiger partial charge in [-0.05, 0) is 131 Å². The van der Waals surface area contributed by atoms with Gasteiger partial charge in [-0.3, -0.25) is 0 Å². The lowest BCUT2D eigenvalue weighted by Gasteiger charge is -2.35. The summed E-state index contributed by atoms with van der Waals surface area (Å²) in [6, 6.07) is 22.2. The molecular formula is C39H50P+. The maximum Gasteiger partial charge on any atom is 0.146 e.